The average molecular weight is 422 g/mol. The number of furan rings is 1. The molecule has 1 amide bonds. The molecule has 0 saturated heterocycles. The van der Waals surface area contributed by atoms with Gasteiger partial charge >= 0.3 is 0 Å². The molecule has 0 spiro atoms. The van der Waals surface area contributed by atoms with Crippen LogP contribution in [0.5, 0.6) is 11.5 Å². The normalized spacial score (nSPS) is 10.8. The molecule has 0 aliphatic heterocycles. The average Bonchev–Trinajstić information content (AvgIpc) is 3.11. The van der Waals surface area contributed by atoms with Crippen molar-refractivity contribution in [1.29, 1.82) is 0 Å². The van der Waals surface area contributed by atoms with Gasteiger partial charge in [0.05, 0.1) is 20.6 Å². The molecule has 1 N–H and O–H groups in total. The lowest BCUT2D eigenvalue weighted by molar-refractivity contribution is -0.115. The smallest absolute Gasteiger partial charge is 0.232 e. The van der Waals surface area contributed by atoms with Crippen LogP contribution in [-0.4, -0.2) is 20.1 Å². The van der Waals surface area contributed by atoms with Crippen molar-refractivity contribution in [3.63, 3.8) is 0 Å². The standard InChI is InChI=1S/C24H20ClNO4/c1-28-19-9-6-10-20(29-2)23(19)26-22(27)14-21-17-12-11-16(25)13-18(17)24(30-21)15-7-4-3-5-8-15/h3-13H,14H2,1-2H3,(H,26,27). The molecule has 4 aromatic rings. The Labute approximate surface area is 179 Å². The highest BCUT2D eigenvalue weighted by Crippen LogP contribution is 2.37. The molecular formula is C24H20ClNO4. The first-order valence-corrected chi connectivity index (χ1v) is 9.75. The Kier molecular flexibility index (Phi) is 5.63. The second-order valence-corrected chi connectivity index (χ2v) is 7.11. The molecule has 0 atom stereocenters. The van der Waals surface area contributed by atoms with Crippen LogP contribution >= 0.6 is 11.6 Å². The summed E-state index contributed by atoms with van der Waals surface area (Å²) in [6.07, 6.45) is 0.0478. The Bertz CT molecular complexity index is 1180. The van der Waals surface area contributed by atoms with Crippen LogP contribution in [0.3, 0.4) is 0 Å². The Hall–Kier alpha value is -3.44. The maximum Gasteiger partial charge on any atom is 0.232 e. The summed E-state index contributed by atoms with van der Waals surface area (Å²) < 4.78 is 16.8. The third kappa shape index (κ3) is 3.84. The molecule has 1 heterocycles. The second kappa shape index (κ2) is 8.51. The topological polar surface area (TPSA) is 60.7 Å². The van der Waals surface area contributed by atoms with Gasteiger partial charge in [-0.1, -0.05) is 48.0 Å². The number of amides is 1. The van der Waals surface area contributed by atoms with E-state index in [1.54, 1.807) is 38.5 Å². The van der Waals surface area contributed by atoms with E-state index in [0.717, 1.165) is 16.3 Å². The molecule has 5 nitrogen and oxygen atoms in total. The summed E-state index contributed by atoms with van der Waals surface area (Å²) in [5.41, 5.74) is 1.40. The SMILES string of the molecule is COc1cccc(OC)c1NC(=O)Cc1oc(-c2ccccc2)c2cc(Cl)ccc12. The summed E-state index contributed by atoms with van der Waals surface area (Å²) in [6, 6.07) is 20.6. The van der Waals surface area contributed by atoms with E-state index in [0.29, 0.717) is 33.7 Å². The van der Waals surface area contributed by atoms with Crippen molar-refractivity contribution in [3.05, 3.63) is 77.5 Å². The maximum atomic E-state index is 12.9. The van der Waals surface area contributed by atoms with E-state index < -0.39 is 0 Å². The van der Waals surface area contributed by atoms with Crippen molar-refractivity contribution < 1.29 is 18.7 Å². The summed E-state index contributed by atoms with van der Waals surface area (Å²) in [5, 5.41) is 5.20. The number of carbonyl (C=O) groups excluding carboxylic acids is 1. The lowest BCUT2D eigenvalue weighted by Crippen LogP contribution is -2.15. The van der Waals surface area contributed by atoms with Crippen LogP contribution in [0, 0.1) is 0 Å². The van der Waals surface area contributed by atoms with Crippen LogP contribution < -0.4 is 14.8 Å². The van der Waals surface area contributed by atoms with Gasteiger partial charge in [-0.25, -0.2) is 0 Å². The second-order valence-electron chi connectivity index (χ2n) is 6.67. The van der Waals surface area contributed by atoms with Gasteiger partial charge in [0.1, 0.15) is 28.7 Å². The lowest BCUT2D eigenvalue weighted by Gasteiger charge is -2.13. The molecule has 3 aromatic carbocycles. The zero-order valence-corrected chi connectivity index (χ0v) is 17.3. The minimum Gasteiger partial charge on any atom is -0.494 e. The van der Waals surface area contributed by atoms with Gasteiger partial charge in [-0.15, -0.1) is 0 Å². The molecule has 0 unspecified atom stereocenters. The Balaban J connectivity index is 1.69. The number of para-hydroxylation sites is 1. The first-order valence-electron chi connectivity index (χ1n) is 9.38. The van der Waals surface area contributed by atoms with Gasteiger partial charge in [-0.05, 0) is 30.3 Å². The van der Waals surface area contributed by atoms with Crippen LogP contribution in [0.2, 0.25) is 5.02 Å². The van der Waals surface area contributed by atoms with E-state index in [1.165, 1.54) is 0 Å². The monoisotopic (exact) mass is 421 g/mol. The minimum absolute atomic E-state index is 0.0478. The number of benzene rings is 3. The third-order valence-corrected chi connectivity index (χ3v) is 5.04. The van der Waals surface area contributed by atoms with Crippen molar-refractivity contribution in [2.24, 2.45) is 0 Å². The molecule has 6 heteroatoms. The number of carbonyl (C=O) groups is 1. The van der Waals surface area contributed by atoms with Crippen molar-refractivity contribution in [3.8, 4) is 22.8 Å². The zero-order valence-electron chi connectivity index (χ0n) is 16.6. The van der Waals surface area contributed by atoms with Gasteiger partial charge in [0, 0.05) is 21.4 Å². The number of fused-ring (bicyclic) bond motifs is 1. The molecule has 0 aliphatic carbocycles. The minimum atomic E-state index is -0.247. The molecule has 0 saturated carbocycles. The quantitative estimate of drug-likeness (QED) is 0.417. The number of anilines is 1. The molecule has 1 aromatic heterocycles. The number of methoxy groups -OCH3 is 2. The van der Waals surface area contributed by atoms with Gasteiger partial charge < -0.3 is 19.2 Å². The van der Waals surface area contributed by atoms with Crippen LogP contribution in [0.25, 0.3) is 22.1 Å². The molecule has 0 aliphatic rings. The maximum absolute atomic E-state index is 12.9. The largest absolute Gasteiger partial charge is 0.494 e. The van der Waals surface area contributed by atoms with Crippen LogP contribution in [0.1, 0.15) is 5.76 Å². The number of nitrogens with one attached hydrogen (secondary N) is 1. The molecule has 0 fully saturated rings. The van der Waals surface area contributed by atoms with Crippen LogP contribution in [0.4, 0.5) is 5.69 Å². The number of ether oxygens (including phenoxy) is 2. The summed E-state index contributed by atoms with van der Waals surface area (Å²) in [7, 11) is 3.08. The summed E-state index contributed by atoms with van der Waals surface area (Å²) >= 11 is 6.22. The summed E-state index contributed by atoms with van der Waals surface area (Å²) in [4.78, 5) is 12.9. The molecule has 4 rings (SSSR count). The predicted octanol–water partition coefficient (Wildman–Crippen LogP) is 5.95. The molecule has 152 valence electrons. The van der Waals surface area contributed by atoms with Gasteiger partial charge in [0.15, 0.2) is 0 Å². The number of halogens is 1. The van der Waals surface area contributed by atoms with Crippen molar-refractivity contribution in [1.82, 2.24) is 0 Å². The third-order valence-electron chi connectivity index (χ3n) is 4.80. The number of rotatable bonds is 6. The Morgan fingerprint density at radius 3 is 2.30 bits per heavy atom. The van der Waals surface area contributed by atoms with Crippen molar-refractivity contribution >= 4 is 34.0 Å². The van der Waals surface area contributed by atoms with Gasteiger partial charge in [-0.2, -0.15) is 0 Å². The summed E-state index contributed by atoms with van der Waals surface area (Å²) in [6.45, 7) is 0. The van der Waals surface area contributed by atoms with Gasteiger partial charge in [-0.3, -0.25) is 4.79 Å². The molecule has 0 bridgehead atoms. The van der Waals surface area contributed by atoms with E-state index in [4.69, 9.17) is 25.5 Å². The highest BCUT2D eigenvalue weighted by Gasteiger charge is 2.19. The van der Waals surface area contributed by atoms with E-state index in [9.17, 15) is 4.79 Å². The first-order chi connectivity index (χ1) is 14.6. The Morgan fingerprint density at radius 2 is 1.63 bits per heavy atom. The fourth-order valence-electron chi connectivity index (χ4n) is 3.42. The van der Waals surface area contributed by atoms with Gasteiger partial charge in [0.2, 0.25) is 5.91 Å². The van der Waals surface area contributed by atoms with Crippen molar-refractivity contribution in [2.45, 2.75) is 6.42 Å². The fourth-order valence-corrected chi connectivity index (χ4v) is 3.59. The van der Waals surface area contributed by atoms with Crippen molar-refractivity contribution in [2.75, 3.05) is 19.5 Å². The highest BCUT2D eigenvalue weighted by atomic mass is 35.5. The van der Waals surface area contributed by atoms with Crippen LogP contribution in [0.15, 0.2) is 71.1 Å². The van der Waals surface area contributed by atoms with E-state index in [-0.39, 0.29) is 12.3 Å². The van der Waals surface area contributed by atoms with E-state index >= 15 is 0 Å². The lowest BCUT2D eigenvalue weighted by atomic mass is 10.1. The predicted molar refractivity (Wildman–Crippen MR) is 119 cm³/mol. The number of hydrogen-bond donors (Lipinski definition) is 1. The Morgan fingerprint density at radius 1 is 0.933 bits per heavy atom. The summed E-state index contributed by atoms with van der Waals surface area (Å²) in [5.74, 6) is 2.04. The highest BCUT2D eigenvalue weighted by molar-refractivity contribution is 6.31. The first kappa shape index (κ1) is 19.9. The van der Waals surface area contributed by atoms with E-state index in [2.05, 4.69) is 5.32 Å². The van der Waals surface area contributed by atoms with E-state index in [1.807, 2.05) is 42.5 Å². The number of hydrogen-bond acceptors (Lipinski definition) is 4. The van der Waals surface area contributed by atoms with Crippen LogP contribution in [-0.2, 0) is 11.2 Å². The molecule has 30 heavy (non-hydrogen) atoms. The molecule has 0 radical (unpaired) electrons. The zero-order chi connectivity index (χ0) is 21.1. The van der Waals surface area contributed by atoms with Gasteiger partial charge in [0.25, 0.3) is 0 Å². The fraction of sp³-hybridized carbons (Fsp3) is 0.125. The molecular weight excluding hydrogens is 402 g/mol.